The van der Waals surface area contributed by atoms with Crippen molar-refractivity contribution in [2.45, 2.75) is 6.92 Å². The molecule has 3 N–H and O–H groups in total. The molecule has 0 atom stereocenters. The van der Waals surface area contributed by atoms with Gasteiger partial charge in [-0.25, -0.2) is 0 Å². The minimum absolute atomic E-state index is 0.00446. The summed E-state index contributed by atoms with van der Waals surface area (Å²) in [7, 11) is 0. The van der Waals surface area contributed by atoms with Gasteiger partial charge < -0.3 is 4.42 Å². The number of carbonyl (C=O) groups is 2. The molecule has 114 valence electrons. The minimum atomic E-state index is -0.433. The van der Waals surface area contributed by atoms with Gasteiger partial charge in [-0.1, -0.05) is 6.07 Å². The highest BCUT2D eigenvalue weighted by molar-refractivity contribution is 7.80. The Labute approximate surface area is 136 Å². The van der Waals surface area contributed by atoms with Crippen LogP contribution in [0, 0.1) is 6.92 Å². The number of nitrogens with one attached hydrogen (secondary N) is 3. The van der Waals surface area contributed by atoms with Crippen LogP contribution in [0.4, 0.5) is 0 Å². The molecule has 0 aliphatic heterocycles. The van der Waals surface area contributed by atoms with Crippen molar-refractivity contribution in [1.29, 1.82) is 0 Å². The molecule has 0 saturated carbocycles. The first-order valence-corrected chi connectivity index (χ1v) is 7.53. The predicted octanol–water partition coefficient (Wildman–Crippen LogP) is 2.00. The third-order valence-electron chi connectivity index (χ3n) is 2.43. The Bertz CT molecular complexity index is 705. The molecule has 0 aromatic carbocycles. The first kappa shape index (κ1) is 15.9. The third-order valence-corrected chi connectivity index (χ3v) is 3.50. The normalized spacial score (nSPS) is 10.4. The van der Waals surface area contributed by atoms with Gasteiger partial charge in [0, 0.05) is 6.08 Å². The Morgan fingerprint density at radius 2 is 2.09 bits per heavy atom. The van der Waals surface area contributed by atoms with E-state index in [9.17, 15) is 9.59 Å². The van der Waals surface area contributed by atoms with Crippen LogP contribution in [0.15, 0.2) is 40.1 Å². The van der Waals surface area contributed by atoms with E-state index in [2.05, 4.69) is 16.2 Å². The molecule has 0 aliphatic rings. The lowest BCUT2D eigenvalue weighted by Gasteiger charge is -2.08. The van der Waals surface area contributed by atoms with E-state index in [1.165, 1.54) is 23.5 Å². The quantitative estimate of drug-likeness (QED) is 0.454. The topological polar surface area (TPSA) is 83.4 Å². The first-order chi connectivity index (χ1) is 10.5. The highest BCUT2D eigenvalue weighted by atomic mass is 32.1. The van der Waals surface area contributed by atoms with Crippen molar-refractivity contribution in [1.82, 2.24) is 16.2 Å². The van der Waals surface area contributed by atoms with Crippen LogP contribution in [-0.2, 0) is 4.79 Å². The molecule has 0 radical (unpaired) electrons. The molecule has 0 bridgehead atoms. The number of thiophene rings is 1. The van der Waals surface area contributed by atoms with Gasteiger partial charge >= 0.3 is 0 Å². The lowest BCUT2D eigenvalue weighted by molar-refractivity contribution is -0.115. The second kappa shape index (κ2) is 7.53. The zero-order chi connectivity index (χ0) is 15.9. The van der Waals surface area contributed by atoms with E-state index < -0.39 is 5.91 Å². The standard InChI is InChI=1S/C14H13N3O3S2/c1-9-4-5-10(20-9)6-7-12(18)15-14(21)17-16-13(19)11-3-2-8-22-11/h2-8H,1H3,(H,16,19)(H2,15,17,18,21). The average Bonchev–Trinajstić information content (AvgIpc) is 3.14. The van der Waals surface area contributed by atoms with E-state index in [1.54, 1.807) is 29.6 Å². The van der Waals surface area contributed by atoms with Gasteiger partial charge in [0.05, 0.1) is 4.88 Å². The molecule has 2 rings (SSSR count). The fourth-order valence-corrected chi connectivity index (χ4v) is 2.24. The molecule has 0 unspecified atom stereocenters. The Morgan fingerprint density at radius 3 is 2.73 bits per heavy atom. The van der Waals surface area contributed by atoms with Crippen molar-refractivity contribution in [3.8, 4) is 0 Å². The van der Waals surface area contributed by atoms with E-state index in [-0.39, 0.29) is 11.0 Å². The molecular formula is C14H13N3O3S2. The molecule has 8 heteroatoms. The van der Waals surface area contributed by atoms with Gasteiger partial charge in [0.25, 0.3) is 5.91 Å². The zero-order valence-electron chi connectivity index (χ0n) is 11.6. The van der Waals surface area contributed by atoms with Crippen molar-refractivity contribution in [2.75, 3.05) is 0 Å². The molecule has 2 aromatic rings. The molecule has 0 fully saturated rings. The second-order valence-electron chi connectivity index (χ2n) is 4.16. The largest absolute Gasteiger partial charge is 0.462 e. The van der Waals surface area contributed by atoms with Crippen molar-refractivity contribution in [3.05, 3.63) is 52.1 Å². The molecule has 6 nitrogen and oxygen atoms in total. The van der Waals surface area contributed by atoms with Gasteiger partial charge in [0.15, 0.2) is 5.11 Å². The number of hydrogen-bond donors (Lipinski definition) is 3. The van der Waals surface area contributed by atoms with Crippen LogP contribution in [0.25, 0.3) is 6.08 Å². The van der Waals surface area contributed by atoms with E-state index in [1.807, 2.05) is 6.92 Å². The van der Waals surface area contributed by atoms with Gasteiger partial charge in [-0.05, 0) is 48.8 Å². The summed E-state index contributed by atoms with van der Waals surface area (Å²) in [5.74, 6) is 0.566. The fourth-order valence-electron chi connectivity index (χ4n) is 1.47. The molecular weight excluding hydrogens is 322 g/mol. The Balaban J connectivity index is 1.75. The maximum absolute atomic E-state index is 11.6. The number of aryl methyl sites for hydroxylation is 1. The van der Waals surface area contributed by atoms with Gasteiger partial charge in [0.1, 0.15) is 11.5 Å². The SMILES string of the molecule is Cc1ccc(C=CC(=O)NC(=S)NNC(=O)c2cccs2)o1. The van der Waals surface area contributed by atoms with Crippen LogP contribution in [0.3, 0.4) is 0 Å². The Morgan fingerprint density at radius 1 is 1.27 bits per heavy atom. The summed E-state index contributed by atoms with van der Waals surface area (Å²) in [6.07, 6.45) is 2.81. The summed E-state index contributed by atoms with van der Waals surface area (Å²) in [6.45, 7) is 1.81. The maximum Gasteiger partial charge on any atom is 0.279 e. The van der Waals surface area contributed by atoms with Gasteiger partial charge in [-0.3, -0.25) is 25.8 Å². The van der Waals surface area contributed by atoms with Crippen molar-refractivity contribution in [3.63, 3.8) is 0 Å². The number of hydrazine groups is 1. The summed E-state index contributed by atoms with van der Waals surface area (Å²) in [5.41, 5.74) is 4.84. The molecule has 2 heterocycles. The van der Waals surface area contributed by atoms with Gasteiger partial charge in [-0.15, -0.1) is 11.3 Å². The fraction of sp³-hybridized carbons (Fsp3) is 0.0714. The predicted molar refractivity (Wildman–Crippen MR) is 88.1 cm³/mol. The lowest BCUT2D eigenvalue weighted by Crippen LogP contribution is -2.48. The number of rotatable bonds is 3. The molecule has 0 spiro atoms. The van der Waals surface area contributed by atoms with Crippen molar-refractivity contribution >= 4 is 46.6 Å². The Kier molecular flexibility index (Phi) is 5.45. The minimum Gasteiger partial charge on any atom is -0.462 e. The lowest BCUT2D eigenvalue weighted by atomic mass is 10.4. The van der Waals surface area contributed by atoms with Crippen molar-refractivity contribution < 1.29 is 14.0 Å². The number of thiocarbonyl (C=S) groups is 1. The summed E-state index contributed by atoms with van der Waals surface area (Å²) in [6, 6.07) is 6.99. The number of carbonyl (C=O) groups excluding carboxylic acids is 2. The third kappa shape index (κ3) is 4.83. The Hall–Kier alpha value is -2.45. The summed E-state index contributed by atoms with van der Waals surface area (Å²) >= 11 is 6.20. The molecule has 0 aliphatic carbocycles. The summed E-state index contributed by atoms with van der Waals surface area (Å²) in [4.78, 5) is 23.8. The zero-order valence-corrected chi connectivity index (χ0v) is 13.2. The number of hydrogen-bond acceptors (Lipinski definition) is 5. The molecule has 0 saturated heterocycles. The van der Waals surface area contributed by atoms with Crippen LogP contribution in [0.5, 0.6) is 0 Å². The van der Waals surface area contributed by atoms with Crippen LogP contribution < -0.4 is 16.2 Å². The second-order valence-corrected chi connectivity index (χ2v) is 5.51. The molecule has 2 amide bonds. The number of amides is 2. The maximum atomic E-state index is 11.6. The van der Waals surface area contributed by atoms with Crippen LogP contribution >= 0.6 is 23.6 Å². The summed E-state index contributed by atoms with van der Waals surface area (Å²) in [5, 5.41) is 4.18. The smallest absolute Gasteiger partial charge is 0.279 e. The molecule has 2 aromatic heterocycles. The van der Waals surface area contributed by atoms with E-state index in [0.29, 0.717) is 10.6 Å². The first-order valence-electron chi connectivity index (χ1n) is 6.24. The monoisotopic (exact) mass is 335 g/mol. The van der Waals surface area contributed by atoms with Crippen LogP contribution in [0.2, 0.25) is 0 Å². The van der Waals surface area contributed by atoms with Crippen LogP contribution in [0.1, 0.15) is 21.2 Å². The average molecular weight is 335 g/mol. The van der Waals surface area contributed by atoms with E-state index >= 15 is 0 Å². The van der Waals surface area contributed by atoms with E-state index in [4.69, 9.17) is 16.6 Å². The van der Waals surface area contributed by atoms with E-state index in [0.717, 1.165) is 5.76 Å². The highest BCUT2D eigenvalue weighted by Crippen LogP contribution is 2.08. The highest BCUT2D eigenvalue weighted by Gasteiger charge is 2.07. The molecule has 22 heavy (non-hydrogen) atoms. The summed E-state index contributed by atoms with van der Waals surface area (Å²) < 4.78 is 5.29. The van der Waals surface area contributed by atoms with Gasteiger partial charge in [-0.2, -0.15) is 0 Å². The van der Waals surface area contributed by atoms with Crippen LogP contribution in [-0.4, -0.2) is 16.9 Å². The van der Waals surface area contributed by atoms with Gasteiger partial charge in [0.2, 0.25) is 5.91 Å². The number of furan rings is 1. The van der Waals surface area contributed by atoms with Crippen molar-refractivity contribution in [2.24, 2.45) is 0 Å².